The molecule has 27 heavy (non-hydrogen) atoms. The third kappa shape index (κ3) is 2.91. The molecule has 0 aliphatic rings. The Morgan fingerprint density at radius 2 is 1.78 bits per heavy atom. The first-order chi connectivity index (χ1) is 12.9. The number of benzene rings is 2. The number of fused-ring (bicyclic) bond motifs is 2. The van der Waals surface area contributed by atoms with Crippen molar-refractivity contribution in [1.29, 1.82) is 0 Å². The van der Waals surface area contributed by atoms with Crippen LogP contribution in [-0.4, -0.2) is 27.5 Å². The number of carbonyl (C=O) groups is 2. The van der Waals surface area contributed by atoms with Crippen LogP contribution in [0, 0.1) is 0 Å². The molecule has 0 bridgehead atoms. The Kier molecular flexibility index (Phi) is 3.88. The van der Waals surface area contributed by atoms with E-state index in [1.165, 1.54) is 4.57 Å². The topological polar surface area (TPSA) is 64.1 Å². The molecule has 0 aliphatic heterocycles. The number of carbonyl (C=O) groups excluding carboxylic acids is 2. The van der Waals surface area contributed by atoms with Crippen LogP contribution in [0.2, 0.25) is 0 Å². The predicted octanol–water partition coefficient (Wildman–Crippen LogP) is 5.39. The Balaban J connectivity index is 2.01. The Bertz CT molecular complexity index is 1180. The summed E-state index contributed by atoms with van der Waals surface area (Å²) in [5, 5.41) is 1.72. The highest BCUT2D eigenvalue weighted by Gasteiger charge is 2.25. The van der Waals surface area contributed by atoms with Gasteiger partial charge >= 0.3 is 6.09 Å². The molecule has 5 nitrogen and oxygen atoms in total. The lowest BCUT2D eigenvalue weighted by atomic mass is 10.1. The van der Waals surface area contributed by atoms with E-state index >= 15 is 0 Å². The minimum Gasteiger partial charge on any atom is -0.443 e. The van der Waals surface area contributed by atoms with E-state index < -0.39 is 11.7 Å². The molecule has 0 radical (unpaired) electrons. The molecule has 2 heterocycles. The third-order valence-electron chi connectivity index (χ3n) is 4.41. The van der Waals surface area contributed by atoms with Gasteiger partial charge in [0.2, 0.25) is 0 Å². The van der Waals surface area contributed by atoms with Gasteiger partial charge < -0.3 is 9.72 Å². The van der Waals surface area contributed by atoms with Gasteiger partial charge in [-0.25, -0.2) is 9.36 Å². The van der Waals surface area contributed by atoms with E-state index in [1.54, 1.807) is 0 Å². The number of rotatable bonds is 2. The molecule has 0 unspecified atom stereocenters. The highest BCUT2D eigenvalue weighted by molar-refractivity contribution is 6.06. The van der Waals surface area contributed by atoms with Crippen LogP contribution < -0.4 is 0 Å². The van der Waals surface area contributed by atoms with Gasteiger partial charge in [0.1, 0.15) is 5.60 Å². The van der Waals surface area contributed by atoms with Crippen LogP contribution in [-0.2, 0) is 4.74 Å². The molecule has 0 saturated carbocycles. The molecule has 136 valence electrons. The SMILES string of the molecule is CC(C)(C)OC(=O)n1c(-c2[nH]c3ccccc3c2C=O)cc2ccccc21. The van der Waals surface area contributed by atoms with Gasteiger partial charge in [0.25, 0.3) is 0 Å². The molecular weight excluding hydrogens is 340 g/mol. The van der Waals surface area contributed by atoms with Crippen molar-refractivity contribution in [3.63, 3.8) is 0 Å². The van der Waals surface area contributed by atoms with Crippen LogP contribution in [0.4, 0.5) is 4.79 Å². The zero-order chi connectivity index (χ0) is 19.2. The number of nitrogens with one attached hydrogen (secondary N) is 1. The van der Waals surface area contributed by atoms with Gasteiger partial charge in [-0.2, -0.15) is 0 Å². The van der Waals surface area contributed by atoms with Crippen molar-refractivity contribution in [2.75, 3.05) is 0 Å². The Morgan fingerprint density at radius 3 is 2.52 bits per heavy atom. The zero-order valence-electron chi connectivity index (χ0n) is 15.4. The minimum atomic E-state index is -0.631. The Labute approximate surface area is 156 Å². The van der Waals surface area contributed by atoms with E-state index in [1.807, 2.05) is 75.4 Å². The zero-order valence-corrected chi connectivity index (χ0v) is 15.4. The van der Waals surface area contributed by atoms with Gasteiger partial charge in [-0.3, -0.25) is 4.79 Å². The second-order valence-electron chi connectivity index (χ2n) is 7.48. The fraction of sp³-hybridized carbons (Fsp3) is 0.182. The molecule has 2 aromatic carbocycles. The first-order valence-electron chi connectivity index (χ1n) is 8.79. The van der Waals surface area contributed by atoms with Crippen LogP contribution in [0.3, 0.4) is 0 Å². The van der Waals surface area contributed by atoms with Crippen molar-refractivity contribution in [3.8, 4) is 11.4 Å². The largest absolute Gasteiger partial charge is 0.443 e. The van der Waals surface area contributed by atoms with E-state index in [-0.39, 0.29) is 0 Å². The minimum absolute atomic E-state index is 0.478. The summed E-state index contributed by atoms with van der Waals surface area (Å²) in [6, 6.07) is 17.1. The van der Waals surface area contributed by atoms with Gasteiger partial charge in [-0.05, 0) is 39.0 Å². The van der Waals surface area contributed by atoms with Crippen molar-refractivity contribution < 1.29 is 14.3 Å². The maximum absolute atomic E-state index is 13.0. The molecule has 5 heteroatoms. The van der Waals surface area contributed by atoms with E-state index in [4.69, 9.17) is 4.74 Å². The predicted molar refractivity (Wildman–Crippen MR) is 106 cm³/mol. The number of nitrogens with zero attached hydrogens (tertiary/aromatic N) is 1. The number of ether oxygens (including phenoxy) is 1. The monoisotopic (exact) mass is 360 g/mol. The van der Waals surface area contributed by atoms with Crippen molar-refractivity contribution in [2.45, 2.75) is 26.4 Å². The second-order valence-corrected chi connectivity index (χ2v) is 7.48. The molecule has 4 aromatic rings. The van der Waals surface area contributed by atoms with E-state index in [9.17, 15) is 9.59 Å². The maximum atomic E-state index is 13.0. The maximum Gasteiger partial charge on any atom is 0.419 e. The van der Waals surface area contributed by atoms with Crippen LogP contribution >= 0.6 is 0 Å². The number of aromatic amines is 1. The van der Waals surface area contributed by atoms with Crippen molar-refractivity contribution in [2.24, 2.45) is 0 Å². The third-order valence-corrected chi connectivity index (χ3v) is 4.41. The lowest BCUT2D eigenvalue weighted by Crippen LogP contribution is -2.27. The van der Waals surface area contributed by atoms with E-state index in [0.717, 1.165) is 28.1 Å². The summed E-state index contributed by atoms with van der Waals surface area (Å²) >= 11 is 0. The molecule has 1 N–H and O–H groups in total. The molecule has 0 aliphatic carbocycles. The summed E-state index contributed by atoms with van der Waals surface area (Å²) in [5.41, 5.74) is 2.68. The van der Waals surface area contributed by atoms with Gasteiger partial charge in [-0.1, -0.05) is 36.4 Å². The Hall–Kier alpha value is -3.34. The molecule has 2 aromatic heterocycles. The summed E-state index contributed by atoms with van der Waals surface area (Å²) in [4.78, 5) is 28.1. The summed E-state index contributed by atoms with van der Waals surface area (Å²) in [7, 11) is 0. The van der Waals surface area contributed by atoms with E-state index in [0.29, 0.717) is 17.0 Å². The smallest absolute Gasteiger partial charge is 0.419 e. The normalized spacial score (nSPS) is 11.8. The molecule has 0 spiro atoms. The number of aromatic nitrogens is 2. The van der Waals surface area contributed by atoms with Gasteiger partial charge in [0, 0.05) is 21.9 Å². The lowest BCUT2D eigenvalue weighted by molar-refractivity contribution is 0.0547. The van der Waals surface area contributed by atoms with Crippen LogP contribution in [0.1, 0.15) is 31.1 Å². The number of aldehydes is 1. The fourth-order valence-corrected chi connectivity index (χ4v) is 3.33. The first kappa shape index (κ1) is 17.1. The van der Waals surface area contributed by atoms with Crippen LogP contribution in [0.5, 0.6) is 0 Å². The quantitative estimate of drug-likeness (QED) is 0.488. The highest BCUT2D eigenvalue weighted by atomic mass is 16.6. The number of H-pyrrole nitrogens is 1. The first-order valence-corrected chi connectivity index (χ1v) is 8.79. The molecule has 0 atom stereocenters. The molecule has 0 fully saturated rings. The summed E-state index contributed by atoms with van der Waals surface area (Å²) in [5.74, 6) is 0. The second kappa shape index (κ2) is 6.13. The number of hydrogen-bond acceptors (Lipinski definition) is 3. The summed E-state index contributed by atoms with van der Waals surface area (Å²) in [6.07, 6.45) is 0.347. The average molecular weight is 360 g/mol. The number of hydrogen-bond donors (Lipinski definition) is 1. The molecule has 0 amide bonds. The molecule has 4 rings (SSSR count). The highest BCUT2D eigenvalue weighted by Crippen LogP contribution is 2.33. The average Bonchev–Trinajstić information content (AvgIpc) is 3.18. The van der Waals surface area contributed by atoms with Crippen LogP contribution in [0.15, 0.2) is 54.6 Å². The summed E-state index contributed by atoms with van der Waals surface area (Å²) < 4.78 is 7.15. The van der Waals surface area contributed by atoms with Crippen LogP contribution in [0.25, 0.3) is 33.2 Å². The molecular formula is C22H20N2O3. The lowest BCUT2D eigenvalue weighted by Gasteiger charge is -2.21. The molecule has 0 saturated heterocycles. The van der Waals surface area contributed by atoms with Crippen molar-refractivity contribution in [1.82, 2.24) is 9.55 Å². The fourth-order valence-electron chi connectivity index (χ4n) is 3.33. The van der Waals surface area contributed by atoms with Gasteiger partial charge in [0.15, 0.2) is 6.29 Å². The standard InChI is InChI=1S/C22H20N2O3/c1-22(2,3)27-21(26)24-18-11-7-4-8-14(18)12-19(24)20-16(13-25)15-9-5-6-10-17(15)23-20/h4-13,23H,1-3H3. The van der Waals surface area contributed by atoms with Crippen molar-refractivity contribution in [3.05, 3.63) is 60.2 Å². The van der Waals surface area contributed by atoms with Crippen molar-refractivity contribution >= 4 is 34.2 Å². The number of para-hydroxylation sites is 2. The van der Waals surface area contributed by atoms with Gasteiger partial charge in [0.05, 0.1) is 16.9 Å². The van der Waals surface area contributed by atoms with Gasteiger partial charge in [-0.15, -0.1) is 0 Å². The van der Waals surface area contributed by atoms with E-state index in [2.05, 4.69) is 4.98 Å². The summed E-state index contributed by atoms with van der Waals surface area (Å²) in [6.45, 7) is 5.49. The Morgan fingerprint density at radius 1 is 1.07 bits per heavy atom.